The average molecular weight is 268 g/mol. The minimum absolute atomic E-state index is 0.00538. The lowest BCUT2D eigenvalue weighted by Gasteiger charge is -2.17. The molecule has 0 saturated carbocycles. The van der Waals surface area contributed by atoms with Gasteiger partial charge in [0, 0.05) is 36.2 Å². The number of ketones is 1. The quantitative estimate of drug-likeness (QED) is 0.793. The summed E-state index contributed by atoms with van der Waals surface area (Å²) in [5.41, 5.74) is 5.51. The molecule has 0 aliphatic heterocycles. The highest BCUT2D eigenvalue weighted by Gasteiger charge is 2.24. The van der Waals surface area contributed by atoms with Crippen molar-refractivity contribution in [2.24, 2.45) is 7.05 Å². The van der Waals surface area contributed by atoms with E-state index in [1.807, 2.05) is 23.9 Å². The molecule has 1 aromatic heterocycles. The second kappa shape index (κ2) is 4.30. The number of benzene rings is 1. The Morgan fingerprint density at radius 3 is 2.60 bits per heavy atom. The van der Waals surface area contributed by atoms with E-state index >= 15 is 0 Å². The normalized spacial score (nSPS) is 14.7. The number of rotatable bonds is 1. The Labute approximate surface area is 119 Å². The van der Waals surface area contributed by atoms with E-state index in [1.54, 1.807) is 0 Å². The molecule has 0 fully saturated rings. The highest BCUT2D eigenvalue weighted by atomic mass is 16.1. The molecular weight excluding hydrogens is 248 g/mol. The third-order valence-electron chi connectivity index (χ3n) is 3.88. The van der Waals surface area contributed by atoms with Gasteiger partial charge in [-0.3, -0.25) is 9.48 Å². The maximum Gasteiger partial charge on any atom is 0.163 e. The van der Waals surface area contributed by atoms with Crippen LogP contribution >= 0.6 is 0 Å². The summed E-state index contributed by atoms with van der Waals surface area (Å²) in [6, 6.07) is 6.18. The van der Waals surface area contributed by atoms with Gasteiger partial charge in [0.25, 0.3) is 0 Å². The number of fused-ring (bicyclic) bond motifs is 1. The summed E-state index contributed by atoms with van der Waals surface area (Å²) in [6.07, 6.45) is 3.59. The topological polar surface area (TPSA) is 34.9 Å². The number of aromatic nitrogens is 2. The third kappa shape index (κ3) is 2.07. The van der Waals surface area contributed by atoms with E-state index in [4.69, 9.17) is 0 Å². The van der Waals surface area contributed by atoms with Gasteiger partial charge < -0.3 is 0 Å². The molecule has 0 unspecified atom stereocenters. The first kappa shape index (κ1) is 13.1. The SMILES string of the molecule is Cn1cc(-c2ccc3c(c2)CCC3=O)c(C(C)(C)C)n1. The zero-order chi connectivity index (χ0) is 14.5. The maximum absolute atomic E-state index is 11.7. The monoisotopic (exact) mass is 268 g/mol. The van der Waals surface area contributed by atoms with Crippen LogP contribution in [0.15, 0.2) is 24.4 Å². The molecule has 0 N–H and O–H groups in total. The van der Waals surface area contributed by atoms with Crippen LogP contribution in [-0.2, 0) is 18.9 Å². The predicted molar refractivity (Wildman–Crippen MR) is 80.0 cm³/mol. The minimum Gasteiger partial charge on any atom is -0.294 e. The second-order valence-corrected chi connectivity index (χ2v) is 6.61. The van der Waals surface area contributed by atoms with Crippen molar-refractivity contribution in [1.29, 1.82) is 0 Å². The molecule has 0 atom stereocenters. The highest BCUT2D eigenvalue weighted by Crippen LogP contribution is 2.34. The molecule has 0 saturated heterocycles. The Balaban J connectivity index is 2.13. The summed E-state index contributed by atoms with van der Waals surface area (Å²) in [4.78, 5) is 11.7. The summed E-state index contributed by atoms with van der Waals surface area (Å²) in [7, 11) is 1.95. The van der Waals surface area contributed by atoms with Crippen molar-refractivity contribution in [3.63, 3.8) is 0 Å². The fraction of sp³-hybridized carbons (Fsp3) is 0.412. The first-order valence-electron chi connectivity index (χ1n) is 7.07. The van der Waals surface area contributed by atoms with E-state index in [0.29, 0.717) is 6.42 Å². The molecule has 1 heterocycles. The van der Waals surface area contributed by atoms with Gasteiger partial charge in [-0.15, -0.1) is 0 Å². The van der Waals surface area contributed by atoms with Crippen molar-refractivity contribution in [2.75, 3.05) is 0 Å². The maximum atomic E-state index is 11.7. The molecule has 20 heavy (non-hydrogen) atoms. The van der Waals surface area contributed by atoms with E-state index in [9.17, 15) is 4.79 Å². The van der Waals surface area contributed by atoms with Gasteiger partial charge in [-0.25, -0.2) is 0 Å². The number of hydrogen-bond acceptors (Lipinski definition) is 2. The number of aryl methyl sites for hydroxylation is 2. The van der Waals surface area contributed by atoms with Crippen molar-refractivity contribution in [1.82, 2.24) is 9.78 Å². The fourth-order valence-corrected chi connectivity index (χ4v) is 2.88. The standard InChI is InChI=1S/C17H20N2O/c1-17(2,3)16-14(10-19(4)18-16)12-5-7-13-11(9-12)6-8-15(13)20/h5,7,9-10H,6,8H2,1-4H3. The Bertz CT molecular complexity index is 690. The smallest absolute Gasteiger partial charge is 0.163 e. The van der Waals surface area contributed by atoms with Gasteiger partial charge in [-0.1, -0.05) is 39.0 Å². The first-order chi connectivity index (χ1) is 9.36. The lowest BCUT2D eigenvalue weighted by atomic mass is 9.87. The third-order valence-corrected chi connectivity index (χ3v) is 3.88. The minimum atomic E-state index is 0.00538. The average Bonchev–Trinajstić information content (AvgIpc) is 2.93. The molecular formula is C17H20N2O. The van der Waals surface area contributed by atoms with E-state index in [-0.39, 0.29) is 11.2 Å². The van der Waals surface area contributed by atoms with Gasteiger partial charge in [0.1, 0.15) is 0 Å². The van der Waals surface area contributed by atoms with Gasteiger partial charge in [-0.05, 0) is 17.5 Å². The van der Waals surface area contributed by atoms with Crippen molar-refractivity contribution in [3.8, 4) is 11.1 Å². The van der Waals surface area contributed by atoms with Crippen LogP contribution < -0.4 is 0 Å². The molecule has 3 heteroatoms. The Morgan fingerprint density at radius 2 is 1.90 bits per heavy atom. The van der Waals surface area contributed by atoms with E-state index in [1.165, 1.54) is 11.1 Å². The van der Waals surface area contributed by atoms with E-state index < -0.39 is 0 Å². The molecule has 0 spiro atoms. The molecule has 2 aromatic rings. The fourth-order valence-electron chi connectivity index (χ4n) is 2.88. The molecule has 1 aromatic carbocycles. The number of carbonyl (C=O) groups is 1. The van der Waals surface area contributed by atoms with Crippen molar-refractivity contribution >= 4 is 5.78 Å². The summed E-state index contributed by atoms with van der Waals surface area (Å²) >= 11 is 0. The zero-order valence-corrected chi connectivity index (χ0v) is 12.5. The van der Waals surface area contributed by atoms with E-state index in [0.717, 1.165) is 23.2 Å². The number of nitrogens with zero attached hydrogens (tertiary/aromatic N) is 2. The summed E-state index contributed by atoms with van der Waals surface area (Å²) in [5.74, 6) is 0.272. The van der Waals surface area contributed by atoms with Crippen LogP contribution in [-0.4, -0.2) is 15.6 Å². The van der Waals surface area contributed by atoms with Crippen LogP contribution in [0.3, 0.4) is 0 Å². The summed E-state index contributed by atoms with van der Waals surface area (Å²) in [6.45, 7) is 6.53. The number of carbonyl (C=O) groups excluding carboxylic acids is 1. The van der Waals surface area contributed by atoms with Gasteiger partial charge >= 0.3 is 0 Å². The van der Waals surface area contributed by atoms with Crippen LogP contribution in [0.2, 0.25) is 0 Å². The first-order valence-corrected chi connectivity index (χ1v) is 7.07. The highest BCUT2D eigenvalue weighted by molar-refractivity contribution is 6.01. The van der Waals surface area contributed by atoms with Crippen LogP contribution in [0.1, 0.15) is 48.8 Å². The number of Topliss-reactive ketones (excluding diaryl/α,β-unsaturated/α-hetero) is 1. The molecule has 0 amide bonds. The van der Waals surface area contributed by atoms with Gasteiger partial charge in [0.15, 0.2) is 5.78 Å². The van der Waals surface area contributed by atoms with Crippen LogP contribution in [0, 0.1) is 0 Å². The molecule has 0 radical (unpaired) electrons. The molecule has 3 rings (SSSR count). The lowest BCUT2D eigenvalue weighted by Crippen LogP contribution is -2.13. The molecule has 1 aliphatic carbocycles. The van der Waals surface area contributed by atoms with E-state index in [2.05, 4.69) is 38.1 Å². The predicted octanol–water partition coefficient (Wildman–Crippen LogP) is 3.51. The zero-order valence-electron chi connectivity index (χ0n) is 12.5. The van der Waals surface area contributed by atoms with Crippen molar-refractivity contribution < 1.29 is 4.79 Å². The van der Waals surface area contributed by atoms with Crippen LogP contribution in [0.4, 0.5) is 0 Å². The van der Waals surface area contributed by atoms with Crippen LogP contribution in [0.5, 0.6) is 0 Å². The molecule has 104 valence electrons. The second-order valence-electron chi connectivity index (χ2n) is 6.61. The lowest BCUT2D eigenvalue weighted by molar-refractivity contribution is 0.0994. The summed E-state index contributed by atoms with van der Waals surface area (Å²) in [5, 5.41) is 4.62. The molecule has 3 nitrogen and oxygen atoms in total. The molecule has 1 aliphatic rings. The number of hydrogen-bond donors (Lipinski definition) is 0. The molecule has 0 bridgehead atoms. The van der Waals surface area contributed by atoms with Gasteiger partial charge in [0.05, 0.1) is 5.69 Å². The summed E-state index contributed by atoms with van der Waals surface area (Å²) < 4.78 is 1.87. The van der Waals surface area contributed by atoms with Crippen molar-refractivity contribution in [3.05, 3.63) is 41.2 Å². The van der Waals surface area contributed by atoms with Gasteiger partial charge in [-0.2, -0.15) is 5.10 Å². The van der Waals surface area contributed by atoms with Crippen LogP contribution in [0.25, 0.3) is 11.1 Å². The van der Waals surface area contributed by atoms with Gasteiger partial charge in [0.2, 0.25) is 0 Å². The Kier molecular flexibility index (Phi) is 2.82. The Hall–Kier alpha value is -1.90. The largest absolute Gasteiger partial charge is 0.294 e. The van der Waals surface area contributed by atoms with Crippen molar-refractivity contribution in [2.45, 2.75) is 39.0 Å². The Morgan fingerprint density at radius 1 is 1.15 bits per heavy atom.